The second-order valence-electron chi connectivity index (χ2n) is 7.16. The Bertz CT molecular complexity index is 1010. The van der Waals surface area contributed by atoms with Crippen molar-refractivity contribution in [2.24, 2.45) is 0 Å². The van der Waals surface area contributed by atoms with E-state index in [1.807, 2.05) is 47.4 Å². The molecule has 142 valence electrons. The maximum Gasteiger partial charge on any atom is 0.335 e. The number of fused-ring (bicyclic) bond motifs is 1. The van der Waals surface area contributed by atoms with E-state index in [0.717, 1.165) is 34.9 Å². The summed E-state index contributed by atoms with van der Waals surface area (Å²) in [4.78, 5) is 25.7. The summed E-state index contributed by atoms with van der Waals surface area (Å²) in [6.45, 7) is 1.41. The van der Waals surface area contributed by atoms with Gasteiger partial charge in [0.2, 0.25) is 0 Å². The lowest BCUT2D eigenvalue weighted by Crippen LogP contribution is -2.42. The van der Waals surface area contributed by atoms with Crippen LogP contribution in [0.1, 0.15) is 33.6 Å². The fourth-order valence-corrected chi connectivity index (χ4v) is 3.68. The highest BCUT2D eigenvalue weighted by atomic mass is 16.4. The second-order valence-corrected chi connectivity index (χ2v) is 7.16. The molecule has 0 saturated carbocycles. The molecule has 0 atom stereocenters. The van der Waals surface area contributed by atoms with E-state index in [1.54, 1.807) is 24.3 Å². The van der Waals surface area contributed by atoms with Gasteiger partial charge >= 0.3 is 5.97 Å². The minimum atomic E-state index is -0.924. The molecule has 0 bridgehead atoms. The van der Waals surface area contributed by atoms with Crippen molar-refractivity contribution in [1.29, 1.82) is 0 Å². The quantitative estimate of drug-likeness (QED) is 0.716. The first-order valence-corrected chi connectivity index (χ1v) is 9.48. The third-order valence-corrected chi connectivity index (χ3v) is 5.28. The van der Waals surface area contributed by atoms with E-state index in [0.29, 0.717) is 13.1 Å². The van der Waals surface area contributed by atoms with E-state index in [1.165, 1.54) is 0 Å². The van der Waals surface area contributed by atoms with Gasteiger partial charge in [-0.2, -0.15) is 0 Å². The molecule has 0 aliphatic carbocycles. The highest BCUT2D eigenvalue weighted by Crippen LogP contribution is 2.21. The molecule has 1 heterocycles. The zero-order chi connectivity index (χ0) is 19.5. The number of piperidine rings is 1. The van der Waals surface area contributed by atoms with Crippen molar-refractivity contribution in [3.8, 4) is 0 Å². The standard InChI is InChI=1S/C23H22N2O3/c26-22(19-6-5-16-3-1-2-4-18(16)15-19)25-13-11-21(12-14-25)24-20-9-7-17(8-10-20)23(27)28/h1-10,15,21,24H,11-14H2,(H,27,28). The number of benzene rings is 3. The van der Waals surface area contributed by atoms with E-state index >= 15 is 0 Å². The summed E-state index contributed by atoms with van der Waals surface area (Å²) in [7, 11) is 0. The lowest BCUT2D eigenvalue weighted by Gasteiger charge is -2.33. The number of carbonyl (C=O) groups is 2. The number of amides is 1. The van der Waals surface area contributed by atoms with Crippen LogP contribution in [0.15, 0.2) is 66.7 Å². The van der Waals surface area contributed by atoms with Gasteiger partial charge in [0.25, 0.3) is 5.91 Å². The molecule has 1 aliphatic heterocycles. The van der Waals surface area contributed by atoms with E-state index in [2.05, 4.69) is 5.32 Å². The van der Waals surface area contributed by atoms with Crippen molar-refractivity contribution in [3.63, 3.8) is 0 Å². The molecular formula is C23H22N2O3. The maximum atomic E-state index is 12.9. The Balaban J connectivity index is 1.36. The Morgan fingerprint density at radius 2 is 1.50 bits per heavy atom. The Hall–Kier alpha value is -3.34. The van der Waals surface area contributed by atoms with E-state index < -0.39 is 5.97 Å². The Kier molecular flexibility index (Phi) is 4.98. The van der Waals surface area contributed by atoms with Gasteiger partial charge < -0.3 is 15.3 Å². The van der Waals surface area contributed by atoms with Gasteiger partial charge in [0, 0.05) is 30.4 Å². The number of carboxylic acids is 1. The van der Waals surface area contributed by atoms with Crippen molar-refractivity contribution in [3.05, 3.63) is 77.9 Å². The van der Waals surface area contributed by atoms with Crippen LogP contribution in [0.25, 0.3) is 10.8 Å². The first kappa shape index (κ1) is 18.0. The highest BCUT2D eigenvalue weighted by Gasteiger charge is 2.23. The van der Waals surface area contributed by atoms with Crippen molar-refractivity contribution < 1.29 is 14.7 Å². The summed E-state index contributed by atoms with van der Waals surface area (Å²) in [5.41, 5.74) is 1.92. The van der Waals surface area contributed by atoms with Gasteiger partial charge in [0.1, 0.15) is 0 Å². The number of carbonyl (C=O) groups excluding carboxylic acids is 1. The number of hydrogen-bond donors (Lipinski definition) is 2. The van der Waals surface area contributed by atoms with Crippen molar-refractivity contribution in [2.45, 2.75) is 18.9 Å². The largest absolute Gasteiger partial charge is 0.478 e. The molecule has 3 aromatic carbocycles. The minimum absolute atomic E-state index is 0.0787. The molecule has 28 heavy (non-hydrogen) atoms. The Morgan fingerprint density at radius 3 is 2.18 bits per heavy atom. The van der Waals surface area contributed by atoms with Gasteiger partial charge in [-0.15, -0.1) is 0 Å². The lowest BCUT2D eigenvalue weighted by molar-refractivity contribution is 0.0694. The molecule has 5 heteroatoms. The smallest absolute Gasteiger partial charge is 0.335 e. The van der Waals surface area contributed by atoms with Crippen molar-refractivity contribution >= 4 is 28.3 Å². The maximum absolute atomic E-state index is 12.9. The summed E-state index contributed by atoms with van der Waals surface area (Å²) >= 11 is 0. The van der Waals surface area contributed by atoms with Crippen LogP contribution in [0, 0.1) is 0 Å². The normalized spacial score (nSPS) is 14.8. The predicted molar refractivity (Wildman–Crippen MR) is 110 cm³/mol. The number of rotatable bonds is 4. The number of anilines is 1. The average molecular weight is 374 g/mol. The summed E-state index contributed by atoms with van der Waals surface area (Å²) in [5.74, 6) is -0.845. The first-order valence-electron chi connectivity index (χ1n) is 9.48. The van der Waals surface area contributed by atoms with Crippen LogP contribution in [0.2, 0.25) is 0 Å². The van der Waals surface area contributed by atoms with Crippen molar-refractivity contribution in [1.82, 2.24) is 4.90 Å². The zero-order valence-corrected chi connectivity index (χ0v) is 15.5. The van der Waals surface area contributed by atoms with Gasteiger partial charge in [-0.1, -0.05) is 30.3 Å². The van der Waals surface area contributed by atoms with Crippen LogP contribution in [0.3, 0.4) is 0 Å². The molecule has 3 aromatic rings. The molecule has 1 aliphatic rings. The molecule has 1 amide bonds. The third kappa shape index (κ3) is 3.83. The van der Waals surface area contributed by atoms with Crippen LogP contribution in [-0.4, -0.2) is 41.0 Å². The van der Waals surface area contributed by atoms with Gasteiger partial charge in [0.05, 0.1) is 5.56 Å². The number of carboxylic acid groups (broad SMARTS) is 1. The minimum Gasteiger partial charge on any atom is -0.478 e. The SMILES string of the molecule is O=C(O)c1ccc(NC2CCN(C(=O)c3ccc4ccccc4c3)CC2)cc1. The molecule has 0 unspecified atom stereocenters. The monoisotopic (exact) mass is 374 g/mol. The molecule has 2 N–H and O–H groups in total. The van der Waals surface area contributed by atoms with Gasteiger partial charge in [-0.3, -0.25) is 4.79 Å². The molecular weight excluding hydrogens is 352 g/mol. The van der Waals surface area contributed by atoms with Crippen LogP contribution in [0.4, 0.5) is 5.69 Å². The molecule has 0 aromatic heterocycles. The molecule has 1 saturated heterocycles. The van der Waals surface area contributed by atoms with E-state index in [9.17, 15) is 9.59 Å². The Labute approximate surface area is 163 Å². The number of hydrogen-bond acceptors (Lipinski definition) is 3. The summed E-state index contributed by atoms with van der Waals surface area (Å²) < 4.78 is 0. The van der Waals surface area contributed by atoms with E-state index in [-0.39, 0.29) is 17.5 Å². The first-order chi connectivity index (χ1) is 13.6. The van der Waals surface area contributed by atoms with Crippen LogP contribution in [-0.2, 0) is 0 Å². The molecule has 5 nitrogen and oxygen atoms in total. The van der Waals surface area contributed by atoms with Gasteiger partial charge in [0.15, 0.2) is 0 Å². The topological polar surface area (TPSA) is 69.6 Å². The van der Waals surface area contributed by atoms with Gasteiger partial charge in [-0.05, 0) is 60.0 Å². The predicted octanol–water partition coefficient (Wildman–Crippen LogP) is 4.25. The summed E-state index contributed by atoms with van der Waals surface area (Å²) in [6.07, 6.45) is 1.72. The van der Waals surface area contributed by atoms with Crippen molar-refractivity contribution in [2.75, 3.05) is 18.4 Å². The van der Waals surface area contributed by atoms with Crippen LogP contribution >= 0.6 is 0 Å². The summed E-state index contributed by atoms with van der Waals surface area (Å²) in [5, 5.41) is 14.6. The number of nitrogens with zero attached hydrogens (tertiary/aromatic N) is 1. The Morgan fingerprint density at radius 1 is 0.857 bits per heavy atom. The zero-order valence-electron chi connectivity index (χ0n) is 15.5. The van der Waals surface area contributed by atoms with Crippen LogP contribution < -0.4 is 5.32 Å². The average Bonchev–Trinajstić information content (AvgIpc) is 2.74. The highest BCUT2D eigenvalue weighted by molar-refractivity contribution is 5.98. The molecule has 4 rings (SSSR count). The third-order valence-electron chi connectivity index (χ3n) is 5.28. The molecule has 1 fully saturated rings. The fraction of sp³-hybridized carbons (Fsp3) is 0.217. The van der Waals surface area contributed by atoms with Gasteiger partial charge in [-0.25, -0.2) is 4.79 Å². The number of nitrogens with one attached hydrogen (secondary N) is 1. The fourth-order valence-electron chi connectivity index (χ4n) is 3.68. The molecule has 0 radical (unpaired) electrons. The lowest BCUT2D eigenvalue weighted by atomic mass is 10.0. The second kappa shape index (κ2) is 7.72. The number of aromatic carboxylic acids is 1. The number of likely N-dealkylation sites (tertiary alicyclic amines) is 1. The summed E-state index contributed by atoms with van der Waals surface area (Å²) in [6, 6.07) is 21.0. The molecule has 0 spiro atoms. The van der Waals surface area contributed by atoms with Crippen LogP contribution in [0.5, 0.6) is 0 Å². The van der Waals surface area contributed by atoms with E-state index in [4.69, 9.17) is 5.11 Å².